The lowest BCUT2D eigenvalue weighted by Crippen LogP contribution is -2.30. The predicted molar refractivity (Wildman–Crippen MR) is 83.4 cm³/mol. The van der Waals surface area contributed by atoms with Crippen LogP contribution in [0.25, 0.3) is 0 Å². The average Bonchev–Trinajstić information content (AvgIpc) is 2.45. The minimum atomic E-state index is -3.33. The van der Waals surface area contributed by atoms with Crippen LogP contribution in [0.1, 0.15) is 32.8 Å². The van der Waals surface area contributed by atoms with Gasteiger partial charge >= 0.3 is 0 Å². The maximum atomic E-state index is 12.3. The quantitative estimate of drug-likeness (QED) is 0.711. The SMILES string of the molecule is CCNCCCc1ccc(S(=O)(=O)N(CC)CC)cc1. The number of hydrogen-bond donors (Lipinski definition) is 1. The van der Waals surface area contributed by atoms with Gasteiger partial charge in [-0.05, 0) is 43.6 Å². The van der Waals surface area contributed by atoms with Gasteiger partial charge in [-0.2, -0.15) is 4.31 Å². The monoisotopic (exact) mass is 298 g/mol. The molecule has 4 nitrogen and oxygen atoms in total. The molecule has 0 aliphatic heterocycles. The van der Waals surface area contributed by atoms with E-state index in [9.17, 15) is 8.42 Å². The van der Waals surface area contributed by atoms with E-state index >= 15 is 0 Å². The van der Waals surface area contributed by atoms with Crippen LogP contribution in [-0.4, -0.2) is 38.9 Å². The van der Waals surface area contributed by atoms with Crippen molar-refractivity contribution >= 4 is 10.0 Å². The van der Waals surface area contributed by atoms with Crippen molar-refractivity contribution < 1.29 is 8.42 Å². The molecule has 0 radical (unpaired) electrons. The summed E-state index contributed by atoms with van der Waals surface area (Å²) in [6.45, 7) is 8.79. The fourth-order valence-electron chi connectivity index (χ4n) is 2.13. The number of aryl methyl sites for hydroxylation is 1. The van der Waals surface area contributed by atoms with Gasteiger partial charge in [0.25, 0.3) is 0 Å². The van der Waals surface area contributed by atoms with Crippen molar-refractivity contribution in [3.63, 3.8) is 0 Å². The molecule has 0 unspecified atom stereocenters. The highest BCUT2D eigenvalue weighted by Gasteiger charge is 2.20. The van der Waals surface area contributed by atoms with E-state index in [-0.39, 0.29) is 0 Å². The summed E-state index contributed by atoms with van der Waals surface area (Å²) in [6, 6.07) is 7.27. The topological polar surface area (TPSA) is 49.4 Å². The highest BCUT2D eigenvalue weighted by atomic mass is 32.2. The molecule has 0 fully saturated rings. The van der Waals surface area contributed by atoms with Crippen LogP contribution in [0.15, 0.2) is 29.2 Å². The molecule has 0 aromatic heterocycles. The molecule has 0 bridgehead atoms. The van der Waals surface area contributed by atoms with Crippen LogP contribution >= 0.6 is 0 Å². The van der Waals surface area contributed by atoms with Crippen molar-refractivity contribution in [3.05, 3.63) is 29.8 Å². The molecule has 0 atom stereocenters. The number of benzene rings is 1. The van der Waals surface area contributed by atoms with E-state index in [4.69, 9.17) is 0 Å². The van der Waals surface area contributed by atoms with E-state index in [0.29, 0.717) is 18.0 Å². The van der Waals surface area contributed by atoms with Crippen LogP contribution in [-0.2, 0) is 16.4 Å². The molecule has 0 heterocycles. The number of nitrogens with one attached hydrogen (secondary N) is 1. The Morgan fingerprint density at radius 1 is 1.05 bits per heavy atom. The highest BCUT2D eigenvalue weighted by Crippen LogP contribution is 2.16. The van der Waals surface area contributed by atoms with Gasteiger partial charge in [-0.15, -0.1) is 0 Å². The van der Waals surface area contributed by atoms with Crippen LogP contribution in [0.5, 0.6) is 0 Å². The van der Waals surface area contributed by atoms with Gasteiger partial charge < -0.3 is 5.32 Å². The van der Waals surface area contributed by atoms with Gasteiger partial charge in [-0.3, -0.25) is 0 Å². The van der Waals surface area contributed by atoms with E-state index in [1.165, 1.54) is 9.87 Å². The Morgan fingerprint density at radius 3 is 2.15 bits per heavy atom. The second-order valence-electron chi connectivity index (χ2n) is 4.69. The fourth-order valence-corrected chi connectivity index (χ4v) is 3.59. The molecule has 0 aliphatic rings. The average molecular weight is 298 g/mol. The standard InChI is InChI=1S/C15H26N2O2S/c1-4-16-13-7-8-14-9-11-15(12-10-14)20(18,19)17(5-2)6-3/h9-12,16H,4-8,13H2,1-3H3. The van der Waals surface area contributed by atoms with Gasteiger partial charge in [-0.25, -0.2) is 8.42 Å². The van der Waals surface area contributed by atoms with Gasteiger partial charge in [0.1, 0.15) is 0 Å². The van der Waals surface area contributed by atoms with Crippen molar-refractivity contribution in [1.82, 2.24) is 9.62 Å². The first-order valence-electron chi connectivity index (χ1n) is 7.36. The summed E-state index contributed by atoms with van der Waals surface area (Å²) in [6.07, 6.45) is 2.04. The Bertz CT molecular complexity index is 479. The third-order valence-corrected chi connectivity index (χ3v) is 5.40. The van der Waals surface area contributed by atoms with Crippen LogP contribution < -0.4 is 5.32 Å². The normalized spacial score (nSPS) is 12.0. The lowest BCUT2D eigenvalue weighted by atomic mass is 10.1. The van der Waals surface area contributed by atoms with Gasteiger partial charge in [0.2, 0.25) is 10.0 Å². The molecule has 5 heteroatoms. The van der Waals surface area contributed by atoms with E-state index in [1.807, 2.05) is 26.0 Å². The van der Waals surface area contributed by atoms with Crippen LogP contribution in [0.3, 0.4) is 0 Å². The summed E-state index contributed by atoms with van der Waals surface area (Å²) in [4.78, 5) is 0.386. The maximum Gasteiger partial charge on any atom is 0.243 e. The Kier molecular flexibility index (Phi) is 7.19. The molecule has 0 amide bonds. The van der Waals surface area contributed by atoms with Crippen molar-refractivity contribution in [2.75, 3.05) is 26.2 Å². The first kappa shape index (κ1) is 17.1. The number of sulfonamides is 1. The number of rotatable bonds is 9. The Hall–Kier alpha value is -0.910. The van der Waals surface area contributed by atoms with Crippen LogP contribution in [0.2, 0.25) is 0 Å². The minimum absolute atomic E-state index is 0.386. The minimum Gasteiger partial charge on any atom is -0.317 e. The molecule has 0 saturated carbocycles. The van der Waals surface area contributed by atoms with E-state index in [2.05, 4.69) is 12.2 Å². The summed E-state index contributed by atoms with van der Waals surface area (Å²) >= 11 is 0. The van der Waals surface area contributed by atoms with E-state index in [0.717, 1.165) is 25.9 Å². The molecule has 1 rings (SSSR count). The summed E-state index contributed by atoms with van der Waals surface area (Å²) in [5, 5.41) is 3.28. The zero-order valence-electron chi connectivity index (χ0n) is 12.7. The van der Waals surface area contributed by atoms with Gasteiger partial charge in [0, 0.05) is 13.1 Å². The number of nitrogens with zero attached hydrogens (tertiary/aromatic N) is 1. The van der Waals surface area contributed by atoms with Gasteiger partial charge in [0.05, 0.1) is 4.90 Å². The summed E-state index contributed by atoms with van der Waals surface area (Å²) in [5.74, 6) is 0. The molecule has 114 valence electrons. The van der Waals surface area contributed by atoms with Gasteiger partial charge in [0.15, 0.2) is 0 Å². The summed E-state index contributed by atoms with van der Waals surface area (Å²) < 4.78 is 26.1. The molecule has 0 saturated heterocycles. The zero-order valence-corrected chi connectivity index (χ0v) is 13.5. The van der Waals surface area contributed by atoms with Crippen LogP contribution in [0.4, 0.5) is 0 Å². The lowest BCUT2D eigenvalue weighted by Gasteiger charge is -2.18. The summed E-state index contributed by atoms with van der Waals surface area (Å²) in [7, 11) is -3.33. The van der Waals surface area contributed by atoms with Gasteiger partial charge in [-0.1, -0.05) is 32.9 Å². The molecule has 1 aromatic carbocycles. The lowest BCUT2D eigenvalue weighted by molar-refractivity contribution is 0.445. The Morgan fingerprint density at radius 2 is 1.65 bits per heavy atom. The third-order valence-electron chi connectivity index (χ3n) is 3.34. The Labute approximate surface area is 123 Å². The largest absolute Gasteiger partial charge is 0.317 e. The van der Waals surface area contributed by atoms with Crippen molar-refractivity contribution in [2.45, 2.75) is 38.5 Å². The third kappa shape index (κ3) is 4.58. The Balaban J connectivity index is 2.71. The van der Waals surface area contributed by atoms with Crippen molar-refractivity contribution in [2.24, 2.45) is 0 Å². The number of hydrogen-bond acceptors (Lipinski definition) is 3. The highest BCUT2D eigenvalue weighted by molar-refractivity contribution is 7.89. The zero-order chi connectivity index (χ0) is 15.0. The first-order chi connectivity index (χ1) is 9.56. The molecule has 1 N–H and O–H groups in total. The van der Waals surface area contributed by atoms with E-state index < -0.39 is 10.0 Å². The second-order valence-corrected chi connectivity index (χ2v) is 6.63. The molecule has 1 aromatic rings. The fraction of sp³-hybridized carbons (Fsp3) is 0.600. The molecule has 20 heavy (non-hydrogen) atoms. The van der Waals surface area contributed by atoms with Crippen molar-refractivity contribution in [3.8, 4) is 0 Å². The molecular formula is C15H26N2O2S. The molecular weight excluding hydrogens is 272 g/mol. The maximum absolute atomic E-state index is 12.3. The second kappa shape index (κ2) is 8.39. The van der Waals surface area contributed by atoms with Crippen LogP contribution in [0, 0.1) is 0 Å². The first-order valence-corrected chi connectivity index (χ1v) is 8.80. The van der Waals surface area contributed by atoms with Crippen molar-refractivity contribution in [1.29, 1.82) is 0 Å². The summed E-state index contributed by atoms with van der Waals surface area (Å²) in [5.41, 5.74) is 1.18. The van der Waals surface area contributed by atoms with E-state index in [1.54, 1.807) is 12.1 Å². The molecule has 0 aliphatic carbocycles. The molecule has 0 spiro atoms. The smallest absolute Gasteiger partial charge is 0.243 e. The predicted octanol–water partition coefficient (Wildman–Crippen LogP) is 2.26.